The number of nitrogens with zero attached hydrogens (tertiary/aromatic N) is 5. The van der Waals surface area contributed by atoms with Crippen LogP contribution in [0, 0.1) is 6.92 Å². The largest absolute Gasteiger partial charge is 0.365 e. The smallest absolute Gasteiger partial charge is 0.268 e. The maximum atomic E-state index is 6.02. The Morgan fingerprint density at radius 3 is 2.81 bits per heavy atom. The Bertz CT molecular complexity index is 1100. The van der Waals surface area contributed by atoms with Crippen molar-refractivity contribution in [3.63, 3.8) is 0 Å². The molecule has 4 heterocycles. The van der Waals surface area contributed by atoms with Gasteiger partial charge in [-0.1, -0.05) is 34.1 Å². The van der Waals surface area contributed by atoms with Crippen LogP contribution in [0.4, 0.5) is 0 Å². The number of thiophene rings is 1. The number of aryl methyl sites for hydroxylation is 1. The minimum atomic E-state index is -0.0979. The van der Waals surface area contributed by atoms with Crippen LogP contribution in [0.5, 0.6) is 0 Å². The Kier molecular flexibility index (Phi) is 4.04. The van der Waals surface area contributed by atoms with Crippen molar-refractivity contribution < 1.29 is 9.26 Å². The zero-order chi connectivity index (χ0) is 18.4. The number of aromatic nitrogens is 5. The maximum absolute atomic E-state index is 6.02. The van der Waals surface area contributed by atoms with E-state index in [1.165, 1.54) is 4.88 Å². The van der Waals surface area contributed by atoms with Crippen LogP contribution < -0.4 is 0 Å². The molecule has 0 fully saturated rings. The summed E-state index contributed by atoms with van der Waals surface area (Å²) in [5.41, 5.74) is 2.49. The number of benzene rings is 1. The monoisotopic (exact) mass is 399 g/mol. The first-order valence-corrected chi connectivity index (χ1v) is 9.57. The van der Waals surface area contributed by atoms with E-state index in [2.05, 4.69) is 20.5 Å². The van der Waals surface area contributed by atoms with Crippen molar-refractivity contribution in [2.24, 2.45) is 0 Å². The summed E-state index contributed by atoms with van der Waals surface area (Å²) in [6.07, 6.45) is -0.0979. The van der Waals surface area contributed by atoms with Gasteiger partial charge in [0.1, 0.15) is 6.10 Å². The van der Waals surface area contributed by atoms with Gasteiger partial charge in [0.15, 0.2) is 5.69 Å². The summed E-state index contributed by atoms with van der Waals surface area (Å²) in [6.45, 7) is 2.98. The molecule has 1 atom stereocenters. The SMILES string of the molecule is Cc1ccc(-c2nc(-c3nnn4c3COC(c3ccc(Cl)cc3)C4)no2)s1. The zero-order valence-corrected chi connectivity index (χ0v) is 15.9. The molecule has 0 radical (unpaired) electrons. The highest BCUT2D eigenvalue weighted by molar-refractivity contribution is 7.15. The van der Waals surface area contributed by atoms with Crippen molar-refractivity contribution in [2.45, 2.75) is 26.2 Å². The lowest BCUT2D eigenvalue weighted by Crippen LogP contribution is -2.22. The highest BCUT2D eigenvalue weighted by Crippen LogP contribution is 2.32. The summed E-state index contributed by atoms with van der Waals surface area (Å²) in [6, 6.07) is 11.6. The second kappa shape index (κ2) is 6.56. The van der Waals surface area contributed by atoms with Crippen molar-refractivity contribution in [1.29, 1.82) is 0 Å². The standard InChI is InChI=1S/C18H14ClN5O2S/c1-10-2-7-15(27-10)18-20-17(22-26-18)16-13-9-25-14(8-24(13)23-21-16)11-3-5-12(19)6-4-11/h2-7,14H,8-9H2,1H3. The van der Waals surface area contributed by atoms with Crippen LogP contribution in [-0.4, -0.2) is 25.1 Å². The van der Waals surface area contributed by atoms with Crippen LogP contribution in [0.25, 0.3) is 22.3 Å². The van der Waals surface area contributed by atoms with E-state index in [4.69, 9.17) is 20.9 Å². The van der Waals surface area contributed by atoms with Gasteiger partial charge in [-0.05, 0) is 36.8 Å². The van der Waals surface area contributed by atoms with Crippen LogP contribution in [0.2, 0.25) is 5.02 Å². The van der Waals surface area contributed by atoms with Crippen molar-refractivity contribution in [3.8, 4) is 22.3 Å². The van der Waals surface area contributed by atoms with E-state index in [-0.39, 0.29) is 6.10 Å². The van der Waals surface area contributed by atoms with Crippen LogP contribution in [0.1, 0.15) is 22.2 Å². The van der Waals surface area contributed by atoms with Crippen LogP contribution >= 0.6 is 22.9 Å². The van der Waals surface area contributed by atoms with Gasteiger partial charge >= 0.3 is 0 Å². The second-order valence-corrected chi connectivity index (χ2v) is 7.98. The molecule has 136 valence electrons. The van der Waals surface area contributed by atoms with Gasteiger partial charge in [-0.2, -0.15) is 4.98 Å². The third-order valence-corrected chi connectivity index (χ3v) is 5.67. The first-order valence-electron chi connectivity index (χ1n) is 8.38. The third-order valence-electron chi connectivity index (χ3n) is 4.43. The minimum absolute atomic E-state index is 0.0979. The normalized spacial score (nSPS) is 16.4. The van der Waals surface area contributed by atoms with E-state index >= 15 is 0 Å². The predicted molar refractivity (Wildman–Crippen MR) is 100 cm³/mol. The Morgan fingerprint density at radius 1 is 1.19 bits per heavy atom. The molecular formula is C18H14ClN5O2S. The topological polar surface area (TPSA) is 78.9 Å². The Hall–Kier alpha value is -2.55. The summed E-state index contributed by atoms with van der Waals surface area (Å²) < 4.78 is 13.3. The highest BCUT2D eigenvalue weighted by Gasteiger charge is 2.27. The number of halogens is 1. The van der Waals surface area contributed by atoms with E-state index in [0.29, 0.717) is 35.6 Å². The fourth-order valence-corrected chi connectivity index (χ4v) is 3.95. The van der Waals surface area contributed by atoms with E-state index in [9.17, 15) is 0 Å². The van der Waals surface area contributed by atoms with Gasteiger partial charge < -0.3 is 9.26 Å². The van der Waals surface area contributed by atoms with Gasteiger partial charge in [0.25, 0.3) is 5.89 Å². The van der Waals surface area contributed by atoms with Crippen molar-refractivity contribution >= 4 is 22.9 Å². The summed E-state index contributed by atoms with van der Waals surface area (Å²) in [4.78, 5) is 6.60. The van der Waals surface area contributed by atoms with Crippen molar-refractivity contribution in [2.75, 3.05) is 0 Å². The summed E-state index contributed by atoms with van der Waals surface area (Å²) >= 11 is 7.57. The van der Waals surface area contributed by atoms with Crippen molar-refractivity contribution in [1.82, 2.24) is 25.1 Å². The molecule has 27 heavy (non-hydrogen) atoms. The molecule has 0 amide bonds. The molecule has 5 rings (SSSR count). The number of hydrogen-bond acceptors (Lipinski definition) is 7. The molecule has 9 heteroatoms. The highest BCUT2D eigenvalue weighted by atomic mass is 35.5. The van der Waals surface area contributed by atoms with E-state index in [1.807, 2.05) is 48.0 Å². The van der Waals surface area contributed by atoms with Gasteiger partial charge in [0.05, 0.1) is 23.7 Å². The Morgan fingerprint density at radius 2 is 2.04 bits per heavy atom. The fraction of sp³-hybridized carbons (Fsp3) is 0.222. The number of rotatable bonds is 3. The second-order valence-electron chi connectivity index (χ2n) is 6.25. The molecule has 4 aromatic rings. The van der Waals surface area contributed by atoms with E-state index < -0.39 is 0 Å². The average Bonchev–Trinajstić information content (AvgIpc) is 3.40. The summed E-state index contributed by atoms with van der Waals surface area (Å²) in [7, 11) is 0. The predicted octanol–water partition coefficient (Wildman–Crippen LogP) is 4.29. The van der Waals surface area contributed by atoms with Crippen LogP contribution in [0.15, 0.2) is 40.9 Å². The molecule has 1 unspecified atom stereocenters. The molecule has 0 saturated heterocycles. The lowest BCUT2D eigenvalue weighted by Gasteiger charge is -2.24. The first kappa shape index (κ1) is 16.6. The minimum Gasteiger partial charge on any atom is -0.365 e. The molecule has 0 saturated carbocycles. The van der Waals surface area contributed by atoms with E-state index in [1.54, 1.807) is 11.3 Å². The molecule has 3 aromatic heterocycles. The van der Waals surface area contributed by atoms with Gasteiger partial charge in [-0.25, -0.2) is 4.68 Å². The fourth-order valence-electron chi connectivity index (χ4n) is 3.03. The van der Waals surface area contributed by atoms with Gasteiger partial charge in [0, 0.05) is 9.90 Å². The summed E-state index contributed by atoms with van der Waals surface area (Å²) in [5.74, 6) is 0.909. The van der Waals surface area contributed by atoms with Gasteiger partial charge in [-0.3, -0.25) is 0 Å². The van der Waals surface area contributed by atoms with Gasteiger partial charge in [-0.15, -0.1) is 16.4 Å². The van der Waals surface area contributed by atoms with Gasteiger partial charge in [0.2, 0.25) is 5.82 Å². The average molecular weight is 400 g/mol. The Labute approximate surface area is 163 Å². The molecule has 1 aromatic carbocycles. The molecule has 0 aliphatic carbocycles. The molecule has 1 aliphatic heterocycles. The van der Waals surface area contributed by atoms with Crippen LogP contribution in [0.3, 0.4) is 0 Å². The number of ether oxygens (including phenoxy) is 1. The Balaban J connectivity index is 1.41. The molecule has 1 aliphatic rings. The van der Waals surface area contributed by atoms with Crippen LogP contribution in [-0.2, 0) is 17.9 Å². The quantitative estimate of drug-likeness (QED) is 0.511. The maximum Gasteiger partial charge on any atom is 0.268 e. The molecule has 0 spiro atoms. The molecule has 0 bridgehead atoms. The van der Waals surface area contributed by atoms with Crippen molar-refractivity contribution in [3.05, 3.63) is 57.6 Å². The number of fused-ring (bicyclic) bond motifs is 1. The molecular weight excluding hydrogens is 386 g/mol. The first-order chi connectivity index (χ1) is 13.2. The zero-order valence-electron chi connectivity index (χ0n) is 14.3. The number of hydrogen-bond donors (Lipinski definition) is 0. The summed E-state index contributed by atoms with van der Waals surface area (Å²) in [5, 5.41) is 13.3. The molecule has 0 N–H and O–H groups in total. The lowest BCUT2D eigenvalue weighted by atomic mass is 10.1. The molecule has 7 nitrogen and oxygen atoms in total. The third kappa shape index (κ3) is 3.05. The van der Waals surface area contributed by atoms with E-state index in [0.717, 1.165) is 16.1 Å². The lowest BCUT2D eigenvalue weighted by molar-refractivity contribution is -0.00111.